The standard InChI is InChI=1S/C41H41NO11/c1-22-36(44)28(42(50,20-24-11-6-4-7-12-24)21-25-13-8-5-9-14-25)17-31(52-22)53-30-19-41(49,23(2)43)18-27-33(30)40(48)35-34(38(27)46)37(45)26-15-10-16-29(51-3)32(26)39(35)47/h4-16,22,28,30-31,36,44,46,48-49H,17-21H2,1-3H3. The molecule has 1 saturated heterocycles. The van der Waals surface area contributed by atoms with E-state index in [0.29, 0.717) is 0 Å². The molecular weight excluding hydrogens is 682 g/mol. The average Bonchev–Trinajstić information content (AvgIpc) is 3.13. The van der Waals surface area contributed by atoms with E-state index in [1.165, 1.54) is 32.2 Å². The third-order valence-corrected chi connectivity index (χ3v) is 10.9. The van der Waals surface area contributed by atoms with E-state index in [0.717, 1.165) is 11.1 Å². The van der Waals surface area contributed by atoms with Gasteiger partial charge in [0.1, 0.15) is 48.1 Å². The zero-order valence-corrected chi connectivity index (χ0v) is 29.5. The number of hydroxylamine groups is 3. The van der Waals surface area contributed by atoms with Gasteiger partial charge >= 0.3 is 0 Å². The Hall–Kier alpha value is -4.95. The second kappa shape index (κ2) is 13.8. The molecule has 2 aliphatic carbocycles. The SMILES string of the molecule is COc1cccc2c1C(=O)c1c(O)c3c(c(O)c1C2=O)CC(O)(C(C)=O)CC3OC1CC([N+]([O-])(Cc2ccccc2)Cc2ccccc2)C(O)C(C)O1. The maximum Gasteiger partial charge on any atom is 0.202 e. The van der Waals surface area contributed by atoms with Crippen LogP contribution in [0.2, 0.25) is 0 Å². The first-order valence-corrected chi connectivity index (χ1v) is 17.5. The van der Waals surface area contributed by atoms with Crippen molar-refractivity contribution in [2.45, 2.75) is 82.4 Å². The summed E-state index contributed by atoms with van der Waals surface area (Å²) in [7, 11) is 1.34. The van der Waals surface area contributed by atoms with Crippen LogP contribution in [-0.4, -0.2) is 79.7 Å². The molecule has 0 saturated carbocycles. The van der Waals surface area contributed by atoms with Crippen molar-refractivity contribution in [2.75, 3.05) is 7.11 Å². The van der Waals surface area contributed by atoms with E-state index in [1.807, 2.05) is 60.7 Å². The average molecular weight is 724 g/mol. The van der Waals surface area contributed by atoms with E-state index in [2.05, 4.69) is 0 Å². The Morgan fingerprint density at radius 1 is 0.906 bits per heavy atom. The summed E-state index contributed by atoms with van der Waals surface area (Å²) in [5.41, 5.74) is -1.85. The number of aliphatic hydroxyl groups excluding tert-OH is 1. The second-order valence-electron chi connectivity index (χ2n) is 14.3. The summed E-state index contributed by atoms with van der Waals surface area (Å²) in [5.74, 6) is -3.39. The lowest BCUT2D eigenvalue weighted by atomic mass is 9.72. The van der Waals surface area contributed by atoms with Gasteiger partial charge in [0.2, 0.25) is 5.78 Å². The zero-order chi connectivity index (χ0) is 37.8. The molecule has 12 heteroatoms. The fourth-order valence-corrected chi connectivity index (χ4v) is 8.14. The molecule has 1 fully saturated rings. The van der Waals surface area contributed by atoms with Crippen molar-refractivity contribution in [1.82, 2.24) is 0 Å². The first kappa shape index (κ1) is 36.4. The molecule has 0 aromatic heterocycles. The Morgan fingerprint density at radius 2 is 1.51 bits per heavy atom. The Balaban J connectivity index is 1.30. The van der Waals surface area contributed by atoms with Gasteiger partial charge in [-0.15, -0.1) is 0 Å². The number of nitrogens with zero attached hydrogens (tertiary/aromatic N) is 1. The number of aliphatic hydroxyl groups is 2. The number of phenolic OH excluding ortho intramolecular Hbond substituents is 2. The van der Waals surface area contributed by atoms with Gasteiger partial charge < -0.3 is 44.5 Å². The van der Waals surface area contributed by atoms with Gasteiger partial charge in [-0.2, -0.15) is 0 Å². The monoisotopic (exact) mass is 723 g/mol. The van der Waals surface area contributed by atoms with Crippen molar-refractivity contribution in [3.8, 4) is 17.2 Å². The van der Waals surface area contributed by atoms with E-state index in [-0.39, 0.29) is 47.5 Å². The number of hydrogen-bond acceptors (Lipinski definition) is 11. The molecule has 276 valence electrons. The molecule has 4 aromatic carbocycles. The summed E-state index contributed by atoms with van der Waals surface area (Å²) >= 11 is 0. The van der Waals surface area contributed by atoms with E-state index in [4.69, 9.17) is 14.2 Å². The number of carbonyl (C=O) groups excluding carboxylic acids is 3. The summed E-state index contributed by atoms with van der Waals surface area (Å²) in [6.45, 7) is 2.83. The van der Waals surface area contributed by atoms with Crippen LogP contribution in [0.1, 0.15) is 86.9 Å². The lowest BCUT2D eigenvalue weighted by Gasteiger charge is -2.54. The van der Waals surface area contributed by atoms with Crippen molar-refractivity contribution < 1.29 is 53.7 Å². The normalized spacial score (nSPS) is 25.3. The Bertz CT molecular complexity index is 2040. The third-order valence-electron chi connectivity index (χ3n) is 10.9. The molecule has 6 atom stereocenters. The van der Waals surface area contributed by atoms with Crippen molar-refractivity contribution in [1.29, 1.82) is 0 Å². The molecule has 53 heavy (non-hydrogen) atoms. The number of carbonyl (C=O) groups is 3. The molecule has 3 aliphatic rings. The van der Waals surface area contributed by atoms with Gasteiger partial charge in [0, 0.05) is 40.7 Å². The molecule has 0 bridgehead atoms. The third kappa shape index (κ3) is 6.31. The zero-order valence-electron chi connectivity index (χ0n) is 29.5. The Labute approximate surface area is 306 Å². The smallest absolute Gasteiger partial charge is 0.202 e. The number of aromatic hydroxyl groups is 2. The van der Waals surface area contributed by atoms with Crippen LogP contribution in [0, 0.1) is 5.21 Å². The van der Waals surface area contributed by atoms with Gasteiger partial charge in [0.25, 0.3) is 0 Å². The predicted octanol–water partition coefficient (Wildman–Crippen LogP) is 4.79. The molecule has 4 N–H and O–H groups in total. The van der Waals surface area contributed by atoms with Crippen LogP contribution in [-0.2, 0) is 33.8 Å². The molecule has 1 heterocycles. The number of fused-ring (bicyclic) bond motifs is 3. The Morgan fingerprint density at radius 3 is 2.09 bits per heavy atom. The molecule has 6 unspecified atom stereocenters. The number of phenols is 2. The molecule has 4 aromatic rings. The molecule has 0 radical (unpaired) electrons. The van der Waals surface area contributed by atoms with Crippen LogP contribution in [0.15, 0.2) is 78.9 Å². The minimum absolute atomic E-state index is 0.0229. The highest BCUT2D eigenvalue weighted by Gasteiger charge is 2.51. The first-order valence-electron chi connectivity index (χ1n) is 17.5. The van der Waals surface area contributed by atoms with Gasteiger partial charge in [0.05, 0.1) is 42.4 Å². The van der Waals surface area contributed by atoms with Gasteiger partial charge in [-0.3, -0.25) is 14.4 Å². The maximum absolute atomic E-state index is 15.1. The van der Waals surface area contributed by atoms with Crippen LogP contribution in [0.3, 0.4) is 0 Å². The van der Waals surface area contributed by atoms with E-state index in [9.17, 15) is 34.8 Å². The van der Waals surface area contributed by atoms with Crippen LogP contribution >= 0.6 is 0 Å². The number of ether oxygens (including phenoxy) is 3. The number of hydrogen-bond donors (Lipinski definition) is 4. The van der Waals surface area contributed by atoms with E-state index >= 15 is 5.21 Å². The number of ketones is 3. The van der Waals surface area contributed by atoms with Gasteiger partial charge in [-0.25, -0.2) is 0 Å². The number of Topliss-reactive ketones (excluding diaryl/α,β-unsaturated/α-hetero) is 1. The fourth-order valence-electron chi connectivity index (χ4n) is 8.14. The van der Waals surface area contributed by atoms with Gasteiger partial charge in [0.15, 0.2) is 17.9 Å². The minimum atomic E-state index is -2.10. The number of rotatable bonds is 9. The highest BCUT2D eigenvalue weighted by Crippen LogP contribution is 2.52. The topological polar surface area (TPSA) is 183 Å². The largest absolute Gasteiger partial charge is 0.632 e. The number of benzene rings is 4. The summed E-state index contributed by atoms with van der Waals surface area (Å²) in [6.07, 6.45) is -5.70. The summed E-state index contributed by atoms with van der Waals surface area (Å²) in [4.78, 5) is 40.8. The van der Waals surface area contributed by atoms with Crippen molar-refractivity contribution >= 4 is 17.3 Å². The minimum Gasteiger partial charge on any atom is -0.632 e. The highest BCUT2D eigenvalue weighted by molar-refractivity contribution is 6.31. The van der Waals surface area contributed by atoms with Crippen molar-refractivity contribution in [3.05, 3.63) is 129 Å². The lowest BCUT2D eigenvalue weighted by molar-refractivity contribution is -0.937. The molecular formula is C41H41NO11. The first-order chi connectivity index (χ1) is 25.3. The quantitative estimate of drug-likeness (QED) is 0.0933. The van der Waals surface area contributed by atoms with Gasteiger partial charge in [-0.05, 0) is 19.9 Å². The fraction of sp³-hybridized carbons (Fsp3) is 0.341. The van der Waals surface area contributed by atoms with Crippen molar-refractivity contribution in [3.63, 3.8) is 0 Å². The molecule has 12 nitrogen and oxygen atoms in total. The molecule has 1 aliphatic heterocycles. The van der Waals surface area contributed by atoms with Crippen molar-refractivity contribution in [2.24, 2.45) is 0 Å². The van der Waals surface area contributed by atoms with E-state index in [1.54, 1.807) is 6.92 Å². The van der Waals surface area contributed by atoms with Crippen LogP contribution in [0.5, 0.6) is 17.2 Å². The summed E-state index contributed by atoms with van der Waals surface area (Å²) in [6, 6.07) is 21.9. The van der Waals surface area contributed by atoms with Crippen LogP contribution < -0.4 is 4.74 Å². The predicted molar refractivity (Wildman–Crippen MR) is 190 cm³/mol. The lowest BCUT2D eigenvalue weighted by Crippen LogP contribution is -2.62. The second-order valence-corrected chi connectivity index (χ2v) is 14.3. The summed E-state index contributed by atoms with van der Waals surface area (Å²) in [5, 5.41) is 61.8. The summed E-state index contributed by atoms with van der Waals surface area (Å²) < 4.78 is 17.1. The Kier molecular flexibility index (Phi) is 9.48. The molecule has 7 rings (SSSR count). The number of methoxy groups -OCH3 is 1. The maximum atomic E-state index is 15.1. The van der Waals surface area contributed by atoms with E-state index < -0.39 is 93.7 Å². The van der Waals surface area contributed by atoms with Crippen LogP contribution in [0.25, 0.3) is 0 Å². The van der Waals surface area contributed by atoms with Crippen LogP contribution in [0.4, 0.5) is 0 Å². The highest BCUT2D eigenvalue weighted by atomic mass is 16.7. The molecule has 0 amide bonds. The molecule has 0 spiro atoms. The van der Waals surface area contributed by atoms with Gasteiger partial charge in [-0.1, -0.05) is 72.8 Å². The number of quaternary nitrogens is 1.